The van der Waals surface area contributed by atoms with E-state index in [4.69, 9.17) is 4.74 Å². The quantitative estimate of drug-likeness (QED) is 0.750. The summed E-state index contributed by atoms with van der Waals surface area (Å²) in [7, 11) is 1.29. The van der Waals surface area contributed by atoms with Gasteiger partial charge < -0.3 is 9.84 Å². The van der Waals surface area contributed by atoms with Crippen LogP contribution < -0.4 is 4.90 Å². The average Bonchev–Trinajstić information content (AvgIpc) is 2.98. The lowest BCUT2D eigenvalue weighted by Gasteiger charge is -2.27. The molecule has 29 heavy (non-hydrogen) atoms. The summed E-state index contributed by atoms with van der Waals surface area (Å²) in [5.74, 6) is -1.83. The number of methoxy groups -OCH3 is 1. The SMILES string of the molecule is COC(=O)c1ccc(N2C(=O)C(O)=C(C(=O)CC(C)C)C2c2ccccc2)cc1. The lowest BCUT2D eigenvalue weighted by atomic mass is 9.92. The van der Waals surface area contributed by atoms with Crippen LogP contribution in [0.3, 0.4) is 0 Å². The molecule has 0 aliphatic carbocycles. The molecule has 0 aromatic heterocycles. The third-order valence-corrected chi connectivity index (χ3v) is 4.78. The van der Waals surface area contributed by atoms with E-state index in [2.05, 4.69) is 0 Å². The normalized spacial score (nSPS) is 16.5. The number of amides is 1. The molecular weight excluding hydrogens is 370 g/mol. The van der Waals surface area contributed by atoms with Gasteiger partial charge in [-0.05, 0) is 35.7 Å². The van der Waals surface area contributed by atoms with Gasteiger partial charge in [0.05, 0.1) is 24.3 Å². The maximum Gasteiger partial charge on any atom is 0.337 e. The Bertz CT molecular complexity index is 961. The minimum absolute atomic E-state index is 0.0858. The van der Waals surface area contributed by atoms with Crippen LogP contribution in [0.5, 0.6) is 0 Å². The lowest BCUT2D eigenvalue weighted by Crippen LogP contribution is -2.31. The highest BCUT2D eigenvalue weighted by Crippen LogP contribution is 2.41. The molecule has 1 atom stereocenters. The van der Waals surface area contributed by atoms with Crippen molar-refractivity contribution in [3.8, 4) is 0 Å². The van der Waals surface area contributed by atoms with Crippen LogP contribution in [0, 0.1) is 5.92 Å². The Kier molecular flexibility index (Phi) is 5.82. The van der Waals surface area contributed by atoms with Crippen LogP contribution in [0.15, 0.2) is 65.9 Å². The topological polar surface area (TPSA) is 83.9 Å². The van der Waals surface area contributed by atoms with E-state index in [1.165, 1.54) is 12.0 Å². The van der Waals surface area contributed by atoms with Crippen LogP contribution in [0.2, 0.25) is 0 Å². The van der Waals surface area contributed by atoms with Gasteiger partial charge in [0.1, 0.15) is 0 Å². The molecule has 0 saturated carbocycles. The maximum absolute atomic E-state index is 12.9. The van der Waals surface area contributed by atoms with E-state index in [1.807, 2.05) is 44.2 Å². The Morgan fingerprint density at radius 1 is 1.07 bits per heavy atom. The summed E-state index contributed by atoms with van der Waals surface area (Å²) in [6, 6.07) is 14.7. The Hall–Kier alpha value is -3.41. The van der Waals surface area contributed by atoms with E-state index in [9.17, 15) is 19.5 Å². The zero-order chi connectivity index (χ0) is 21.1. The average molecular weight is 393 g/mol. The van der Waals surface area contributed by atoms with Gasteiger partial charge in [-0.25, -0.2) is 4.79 Å². The largest absolute Gasteiger partial charge is 0.503 e. The van der Waals surface area contributed by atoms with Gasteiger partial charge in [0.2, 0.25) is 0 Å². The van der Waals surface area contributed by atoms with E-state index in [-0.39, 0.29) is 23.7 Å². The molecule has 2 aromatic carbocycles. The van der Waals surface area contributed by atoms with Crippen molar-refractivity contribution >= 4 is 23.3 Å². The van der Waals surface area contributed by atoms with Crippen molar-refractivity contribution < 1.29 is 24.2 Å². The molecule has 6 heteroatoms. The van der Waals surface area contributed by atoms with Gasteiger partial charge >= 0.3 is 5.97 Å². The molecule has 1 aliphatic heterocycles. The fourth-order valence-corrected chi connectivity index (χ4v) is 3.46. The number of carbonyl (C=O) groups is 3. The Morgan fingerprint density at radius 3 is 2.24 bits per heavy atom. The number of esters is 1. The van der Waals surface area contributed by atoms with E-state index in [0.717, 1.165) is 0 Å². The van der Waals surface area contributed by atoms with Crippen molar-refractivity contribution in [2.45, 2.75) is 26.3 Å². The second-order valence-corrected chi connectivity index (χ2v) is 7.31. The first-order valence-electron chi connectivity index (χ1n) is 9.38. The van der Waals surface area contributed by atoms with Crippen LogP contribution in [0.1, 0.15) is 42.2 Å². The summed E-state index contributed by atoms with van der Waals surface area (Å²) in [5, 5.41) is 10.6. The van der Waals surface area contributed by atoms with Crippen molar-refractivity contribution in [1.29, 1.82) is 0 Å². The molecule has 1 N–H and O–H groups in total. The third kappa shape index (κ3) is 3.92. The van der Waals surface area contributed by atoms with Gasteiger partial charge in [-0.15, -0.1) is 0 Å². The molecule has 1 unspecified atom stereocenters. The molecule has 1 amide bonds. The zero-order valence-electron chi connectivity index (χ0n) is 16.6. The summed E-state index contributed by atoms with van der Waals surface area (Å²) in [4.78, 5) is 38.9. The highest BCUT2D eigenvalue weighted by Gasteiger charge is 2.44. The molecule has 0 saturated heterocycles. The van der Waals surface area contributed by atoms with Crippen molar-refractivity contribution in [1.82, 2.24) is 0 Å². The predicted molar refractivity (Wildman–Crippen MR) is 109 cm³/mol. The molecule has 0 fully saturated rings. The highest BCUT2D eigenvalue weighted by molar-refractivity contribution is 6.16. The van der Waals surface area contributed by atoms with E-state index < -0.39 is 23.7 Å². The fourth-order valence-electron chi connectivity index (χ4n) is 3.46. The molecule has 3 rings (SSSR count). The Morgan fingerprint density at radius 2 is 1.69 bits per heavy atom. The van der Waals surface area contributed by atoms with Crippen molar-refractivity contribution in [3.05, 3.63) is 77.1 Å². The Labute approximate surface area is 169 Å². The summed E-state index contributed by atoms with van der Waals surface area (Å²) in [5.41, 5.74) is 1.63. The number of aliphatic hydroxyl groups excluding tert-OH is 1. The van der Waals surface area contributed by atoms with E-state index in [0.29, 0.717) is 16.8 Å². The first kappa shape index (κ1) is 20.3. The van der Waals surface area contributed by atoms with Crippen LogP contribution in [-0.4, -0.2) is 29.9 Å². The number of rotatable bonds is 6. The van der Waals surface area contributed by atoms with Crippen molar-refractivity contribution in [2.24, 2.45) is 5.92 Å². The van der Waals surface area contributed by atoms with Gasteiger partial charge in [-0.1, -0.05) is 44.2 Å². The summed E-state index contributed by atoms with van der Waals surface area (Å²) >= 11 is 0. The lowest BCUT2D eigenvalue weighted by molar-refractivity contribution is -0.118. The maximum atomic E-state index is 12.9. The number of ketones is 1. The smallest absolute Gasteiger partial charge is 0.337 e. The Balaban J connectivity index is 2.08. The van der Waals surface area contributed by atoms with Gasteiger partial charge in [0.25, 0.3) is 5.91 Å². The molecule has 1 aliphatic rings. The first-order chi connectivity index (χ1) is 13.8. The van der Waals surface area contributed by atoms with Gasteiger partial charge in [0, 0.05) is 12.1 Å². The second-order valence-electron chi connectivity index (χ2n) is 7.31. The van der Waals surface area contributed by atoms with Crippen molar-refractivity contribution in [3.63, 3.8) is 0 Å². The molecule has 0 radical (unpaired) electrons. The predicted octanol–water partition coefficient (Wildman–Crippen LogP) is 3.99. The number of anilines is 1. The number of benzene rings is 2. The van der Waals surface area contributed by atoms with Crippen LogP contribution in [-0.2, 0) is 14.3 Å². The fraction of sp³-hybridized carbons (Fsp3) is 0.261. The van der Waals surface area contributed by atoms with Crippen LogP contribution in [0.25, 0.3) is 0 Å². The number of nitrogens with zero attached hydrogens (tertiary/aromatic N) is 1. The summed E-state index contributed by atoms with van der Waals surface area (Å²) in [6.45, 7) is 3.82. The molecular formula is C23H23NO5. The van der Waals surface area contributed by atoms with Gasteiger partial charge in [-0.2, -0.15) is 0 Å². The number of hydrogen-bond acceptors (Lipinski definition) is 5. The van der Waals surface area contributed by atoms with Crippen LogP contribution >= 0.6 is 0 Å². The molecule has 0 spiro atoms. The molecule has 6 nitrogen and oxygen atoms in total. The van der Waals surface area contributed by atoms with Crippen molar-refractivity contribution in [2.75, 3.05) is 12.0 Å². The number of aliphatic hydroxyl groups is 1. The molecule has 0 bridgehead atoms. The molecule has 1 heterocycles. The summed E-state index contributed by atoms with van der Waals surface area (Å²) < 4.78 is 4.70. The van der Waals surface area contributed by atoms with E-state index in [1.54, 1.807) is 24.3 Å². The zero-order valence-corrected chi connectivity index (χ0v) is 16.6. The van der Waals surface area contributed by atoms with Gasteiger partial charge in [-0.3, -0.25) is 14.5 Å². The minimum Gasteiger partial charge on any atom is -0.503 e. The molecule has 150 valence electrons. The number of ether oxygens (including phenoxy) is 1. The summed E-state index contributed by atoms with van der Waals surface area (Å²) in [6.07, 6.45) is 0.227. The van der Waals surface area contributed by atoms with Crippen LogP contribution in [0.4, 0.5) is 5.69 Å². The standard InChI is InChI=1S/C23H23NO5/c1-14(2)13-18(25)19-20(15-7-5-4-6-8-15)24(22(27)21(19)26)17-11-9-16(10-12-17)23(28)29-3/h4-12,14,20,26H,13H2,1-3H3. The third-order valence-electron chi connectivity index (χ3n) is 4.78. The second kappa shape index (κ2) is 8.31. The van der Waals surface area contributed by atoms with Gasteiger partial charge in [0.15, 0.2) is 11.5 Å². The number of carbonyl (C=O) groups excluding carboxylic acids is 3. The van der Waals surface area contributed by atoms with E-state index >= 15 is 0 Å². The highest BCUT2D eigenvalue weighted by atomic mass is 16.5. The number of Topliss-reactive ketones (excluding diaryl/α,β-unsaturated/α-hetero) is 1. The minimum atomic E-state index is -0.737. The number of hydrogen-bond donors (Lipinski definition) is 1. The monoisotopic (exact) mass is 393 g/mol. The first-order valence-corrected chi connectivity index (χ1v) is 9.38. The molecule has 2 aromatic rings.